The van der Waals surface area contributed by atoms with Crippen molar-refractivity contribution < 1.29 is 4.74 Å². The lowest BCUT2D eigenvalue weighted by molar-refractivity contribution is 0.107. The summed E-state index contributed by atoms with van der Waals surface area (Å²) in [6.45, 7) is 3.63. The molecule has 6 nitrogen and oxygen atoms in total. The van der Waals surface area contributed by atoms with Crippen molar-refractivity contribution in [2.24, 2.45) is 0 Å². The normalized spacial score (nSPS) is 19.2. The number of aromatic nitrogens is 4. The minimum Gasteiger partial charge on any atom is -0.378 e. The summed E-state index contributed by atoms with van der Waals surface area (Å²) in [7, 11) is 0. The van der Waals surface area contributed by atoms with Crippen molar-refractivity contribution in [3.8, 4) is 0 Å². The summed E-state index contributed by atoms with van der Waals surface area (Å²) in [4.78, 5) is 8.23. The quantitative estimate of drug-likeness (QED) is 0.869. The molecule has 2 aromatic rings. The molecule has 1 aliphatic rings. The van der Waals surface area contributed by atoms with E-state index >= 15 is 0 Å². The van der Waals surface area contributed by atoms with E-state index in [4.69, 9.17) is 16.3 Å². The minimum absolute atomic E-state index is 0.372. The fourth-order valence-electron chi connectivity index (χ4n) is 2.33. The average Bonchev–Trinajstić information content (AvgIpc) is 3.04. The Kier molecular flexibility index (Phi) is 3.52. The number of ether oxygens (including phenoxy) is 1. The molecule has 1 unspecified atom stereocenters. The Morgan fingerprint density at radius 3 is 3.26 bits per heavy atom. The molecule has 1 atom stereocenters. The lowest BCUT2D eigenvalue weighted by Crippen LogP contribution is -2.15. The molecule has 7 heteroatoms. The average molecular weight is 282 g/mol. The van der Waals surface area contributed by atoms with Crippen LogP contribution in [0.3, 0.4) is 0 Å². The van der Waals surface area contributed by atoms with Crippen LogP contribution >= 0.6 is 11.6 Å². The van der Waals surface area contributed by atoms with Crippen LogP contribution in [-0.2, 0) is 4.74 Å². The summed E-state index contributed by atoms with van der Waals surface area (Å²) in [6, 6.07) is 0. The van der Waals surface area contributed by atoms with Gasteiger partial charge in [-0.25, -0.2) is 0 Å². The number of rotatable bonds is 4. The molecular weight excluding hydrogens is 266 g/mol. The van der Waals surface area contributed by atoms with Crippen molar-refractivity contribution in [1.82, 2.24) is 19.6 Å². The zero-order valence-electron chi connectivity index (χ0n) is 10.8. The third-order valence-corrected chi connectivity index (χ3v) is 3.76. The molecule has 1 aliphatic heterocycles. The predicted octanol–water partition coefficient (Wildman–Crippen LogP) is 2.07. The van der Waals surface area contributed by atoms with Crippen molar-refractivity contribution >= 4 is 23.2 Å². The van der Waals surface area contributed by atoms with Crippen LogP contribution in [0.5, 0.6) is 0 Å². The summed E-state index contributed by atoms with van der Waals surface area (Å²) in [6.07, 6.45) is 5.14. The number of nitrogens with zero attached hydrogens (tertiary/aromatic N) is 4. The Labute approximate surface area is 116 Å². The third-order valence-electron chi connectivity index (χ3n) is 3.39. The second-order valence-corrected chi connectivity index (χ2v) is 5.06. The number of hydrogen-bond donors (Lipinski definition) is 1. The summed E-state index contributed by atoms with van der Waals surface area (Å²) >= 11 is 6.10. The molecule has 1 saturated heterocycles. The fourth-order valence-corrected chi connectivity index (χ4v) is 2.49. The van der Waals surface area contributed by atoms with Gasteiger partial charge in [-0.3, -0.25) is 0 Å². The molecule has 1 N–H and O–H groups in total. The zero-order valence-corrected chi connectivity index (χ0v) is 11.5. The molecule has 0 radical (unpaired) electrons. The maximum absolute atomic E-state index is 6.10. The molecule has 0 aromatic carbocycles. The largest absolute Gasteiger partial charge is 0.378 e. The van der Waals surface area contributed by atoms with Crippen molar-refractivity contribution in [3.63, 3.8) is 0 Å². The van der Waals surface area contributed by atoms with E-state index in [1.54, 1.807) is 4.52 Å². The maximum atomic E-state index is 6.10. The summed E-state index contributed by atoms with van der Waals surface area (Å²) in [5.41, 5.74) is 0.881. The highest BCUT2D eigenvalue weighted by molar-refractivity contribution is 6.30. The van der Waals surface area contributed by atoms with Crippen LogP contribution in [0.1, 0.15) is 24.8 Å². The fraction of sp³-hybridized carbons (Fsp3) is 0.583. The van der Waals surface area contributed by atoms with E-state index in [0.29, 0.717) is 17.0 Å². The second-order valence-electron chi connectivity index (χ2n) is 4.70. The smallest absolute Gasteiger partial charge is 0.255 e. The van der Waals surface area contributed by atoms with Crippen LogP contribution in [0.25, 0.3) is 5.78 Å². The zero-order chi connectivity index (χ0) is 13.2. The predicted molar refractivity (Wildman–Crippen MR) is 72.6 cm³/mol. The Hall–Kier alpha value is -1.40. The van der Waals surface area contributed by atoms with Gasteiger partial charge in [0.05, 0.1) is 6.10 Å². The van der Waals surface area contributed by atoms with E-state index < -0.39 is 0 Å². The van der Waals surface area contributed by atoms with Gasteiger partial charge in [-0.1, -0.05) is 11.6 Å². The highest BCUT2D eigenvalue weighted by Crippen LogP contribution is 2.22. The van der Waals surface area contributed by atoms with Gasteiger partial charge in [0.2, 0.25) is 0 Å². The minimum atomic E-state index is 0.372. The maximum Gasteiger partial charge on any atom is 0.255 e. The molecule has 0 amide bonds. The Morgan fingerprint density at radius 2 is 2.47 bits per heavy atom. The summed E-state index contributed by atoms with van der Waals surface area (Å²) in [5, 5.41) is 7.99. The van der Waals surface area contributed by atoms with Crippen LogP contribution < -0.4 is 5.32 Å². The molecule has 3 rings (SSSR count). The summed E-state index contributed by atoms with van der Waals surface area (Å²) in [5.74, 6) is 1.36. The molecule has 0 spiro atoms. The Bertz CT molecular complexity index is 579. The lowest BCUT2D eigenvalue weighted by atomic mass is 10.2. The molecule has 0 bridgehead atoms. The topological polar surface area (TPSA) is 64.3 Å². The van der Waals surface area contributed by atoms with Crippen molar-refractivity contribution in [2.75, 3.05) is 18.5 Å². The summed E-state index contributed by atoms with van der Waals surface area (Å²) < 4.78 is 7.28. The van der Waals surface area contributed by atoms with E-state index in [1.165, 1.54) is 6.33 Å². The Morgan fingerprint density at radius 1 is 1.58 bits per heavy atom. The molecular formula is C12H16ClN5O. The van der Waals surface area contributed by atoms with Crippen molar-refractivity contribution in [3.05, 3.63) is 17.0 Å². The van der Waals surface area contributed by atoms with E-state index in [9.17, 15) is 0 Å². The van der Waals surface area contributed by atoms with E-state index in [1.807, 2.05) is 6.92 Å². The molecule has 102 valence electrons. The van der Waals surface area contributed by atoms with Gasteiger partial charge in [0.25, 0.3) is 5.78 Å². The second kappa shape index (κ2) is 5.30. The number of hydrogen-bond acceptors (Lipinski definition) is 5. The van der Waals surface area contributed by atoms with Crippen LogP contribution in [0.4, 0.5) is 5.82 Å². The number of halogens is 1. The number of fused-ring (bicyclic) bond motifs is 1. The molecule has 3 heterocycles. The van der Waals surface area contributed by atoms with E-state index in [-0.39, 0.29) is 0 Å². The molecule has 0 saturated carbocycles. The first-order chi connectivity index (χ1) is 9.25. The van der Waals surface area contributed by atoms with Gasteiger partial charge in [-0.2, -0.15) is 19.6 Å². The van der Waals surface area contributed by atoms with Gasteiger partial charge >= 0.3 is 0 Å². The van der Waals surface area contributed by atoms with Gasteiger partial charge in [0.15, 0.2) is 0 Å². The van der Waals surface area contributed by atoms with Crippen LogP contribution in [0, 0.1) is 6.92 Å². The van der Waals surface area contributed by atoms with Gasteiger partial charge in [0, 0.05) is 18.7 Å². The molecule has 1 fully saturated rings. The van der Waals surface area contributed by atoms with Gasteiger partial charge in [-0.15, -0.1) is 0 Å². The number of anilines is 1. The first-order valence-electron chi connectivity index (χ1n) is 6.47. The lowest BCUT2D eigenvalue weighted by Gasteiger charge is -2.13. The SMILES string of the molecule is Cc1c(Cl)nc2ncnn2c1NCCC1CCCO1. The van der Waals surface area contributed by atoms with Crippen molar-refractivity contribution in [2.45, 2.75) is 32.3 Å². The van der Waals surface area contributed by atoms with E-state index in [2.05, 4.69) is 20.4 Å². The number of nitrogens with one attached hydrogen (secondary N) is 1. The first-order valence-corrected chi connectivity index (χ1v) is 6.85. The monoisotopic (exact) mass is 281 g/mol. The van der Waals surface area contributed by atoms with E-state index in [0.717, 1.165) is 43.8 Å². The van der Waals surface area contributed by atoms with Crippen molar-refractivity contribution in [1.29, 1.82) is 0 Å². The van der Waals surface area contributed by atoms with Crippen LogP contribution in [-0.4, -0.2) is 38.8 Å². The van der Waals surface area contributed by atoms with Gasteiger partial charge in [0.1, 0.15) is 17.3 Å². The highest BCUT2D eigenvalue weighted by Gasteiger charge is 2.16. The third kappa shape index (κ3) is 2.50. The Balaban J connectivity index is 1.75. The molecule has 0 aliphatic carbocycles. The highest BCUT2D eigenvalue weighted by atomic mass is 35.5. The van der Waals surface area contributed by atoms with Gasteiger partial charge in [-0.05, 0) is 26.2 Å². The first kappa shape index (κ1) is 12.6. The van der Waals surface area contributed by atoms with Crippen LogP contribution in [0.2, 0.25) is 5.15 Å². The van der Waals surface area contributed by atoms with Gasteiger partial charge < -0.3 is 10.1 Å². The van der Waals surface area contributed by atoms with Crippen LogP contribution in [0.15, 0.2) is 6.33 Å². The molecule has 19 heavy (non-hydrogen) atoms. The standard InChI is InChI=1S/C12H16ClN5O/c1-8-10(13)17-12-15-7-16-18(12)11(8)14-5-4-9-3-2-6-19-9/h7,9,14H,2-6H2,1H3. The molecule has 2 aromatic heterocycles.